The number of benzene rings is 7. The first-order valence-electron chi connectivity index (χ1n) is 23.9. The fourth-order valence-corrected chi connectivity index (χ4v) is 10.3. The molecule has 3 heterocycles. The first-order valence-corrected chi connectivity index (χ1v) is 23.9. The Kier molecular flexibility index (Phi) is 10.6. The summed E-state index contributed by atoms with van der Waals surface area (Å²) < 4.78 is 0. The average Bonchev–Trinajstić information content (AvgIpc) is 3.40. The summed E-state index contributed by atoms with van der Waals surface area (Å²) in [6.07, 6.45) is 15.4. The lowest BCUT2D eigenvalue weighted by Crippen LogP contribution is -2.22. The monoisotopic (exact) mass is 874 g/mol. The molecule has 2 aromatic heterocycles. The van der Waals surface area contributed by atoms with Crippen molar-refractivity contribution in [3.05, 3.63) is 246 Å². The van der Waals surface area contributed by atoms with E-state index in [1.807, 2.05) is 0 Å². The summed E-state index contributed by atoms with van der Waals surface area (Å²) in [6, 6.07) is 65.3. The minimum absolute atomic E-state index is 0.343. The summed E-state index contributed by atoms with van der Waals surface area (Å²) in [5.41, 5.74) is 21.0. The summed E-state index contributed by atoms with van der Waals surface area (Å²) >= 11 is 0. The Labute approximate surface area is 398 Å². The van der Waals surface area contributed by atoms with Gasteiger partial charge in [0.25, 0.3) is 0 Å². The maximum atomic E-state index is 5.65. The van der Waals surface area contributed by atoms with E-state index in [9.17, 15) is 0 Å². The van der Waals surface area contributed by atoms with Crippen LogP contribution in [0, 0.1) is 11.8 Å². The van der Waals surface area contributed by atoms with Crippen LogP contribution in [0.1, 0.15) is 60.7 Å². The quantitative estimate of drug-likeness (QED) is 0.165. The molecule has 326 valence electrons. The summed E-state index contributed by atoms with van der Waals surface area (Å²) in [5.74, 6) is 0.891. The van der Waals surface area contributed by atoms with E-state index in [4.69, 9.17) is 15.0 Å². The predicted molar refractivity (Wildman–Crippen MR) is 285 cm³/mol. The van der Waals surface area contributed by atoms with E-state index in [0.29, 0.717) is 11.8 Å². The van der Waals surface area contributed by atoms with Gasteiger partial charge in [-0.15, -0.1) is 0 Å². The summed E-state index contributed by atoms with van der Waals surface area (Å²) in [5, 5.41) is 6.29. The molecular weight excluding hydrogens is 825 g/mol. The van der Waals surface area contributed by atoms with Crippen molar-refractivity contribution in [2.45, 2.75) is 32.9 Å². The highest BCUT2D eigenvalue weighted by Crippen LogP contribution is 2.44. The number of pyridine rings is 2. The number of hydrogen-bond acceptors (Lipinski definition) is 4. The van der Waals surface area contributed by atoms with Gasteiger partial charge >= 0.3 is 0 Å². The van der Waals surface area contributed by atoms with E-state index >= 15 is 0 Å². The Morgan fingerprint density at radius 3 is 1.72 bits per heavy atom. The lowest BCUT2D eigenvalue weighted by atomic mass is 9.83. The number of hydrogen-bond donors (Lipinski definition) is 1. The molecule has 7 aromatic carbocycles. The SMILES string of the molecule is CC1C=C(c2cc(-c3ccc(C4N=C(c5ccc(-c6cc(-c7ccccc7)c7ccccc7n6)cc5)c5cc(C6=CC=CCC6C)cc(-c6ccccc6)c5N4)cc3)nc3ccccc23)C=CC1. The Bertz CT molecular complexity index is 3540. The van der Waals surface area contributed by atoms with Crippen molar-refractivity contribution < 1.29 is 0 Å². The minimum atomic E-state index is -0.343. The summed E-state index contributed by atoms with van der Waals surface area (Å²) in [7, 11) is 0. The molecule has 1 aliphatic heterocycles. The second kappa shape index (κ2) is 17.5. The molecule has 0 spiro atoms. The van der Waals surface area contributed by atoms with Crippen molar-refractivity contribution in [3.63, 3.8) is 0 Å². The van der Waals surface area contributed by atoms with Crippen LogP contribution in [-0.2, 0) is 0 Å². The molecule has 1 N–H and O–H groups in total. The minimum Gasteiger partial charge on any atom is -0.359 e. The fraction of sp³-hybridized carbons (Fsp3) is 0.109. The van der Waals surface area contributed by atoms with Crippen LogP contribution in [0.5, 0.6) is 0 Å². The Balaban J connectivity index is 0.978. The summed E-state index contributed by atoms with van der Waals surface area (Å²) in [6.45, 7) is 4.61. The highest BCUT2D eigenvalue weighted by atomic mass is 15.1. The molecule has 3 aliphatic rings. The topological polar surface area (TPSA) is 50.2 Å². The van der Waals surface area contributed by atoms with Crippen LogP contribution in [-0.4, -0.2) is 15.7 Å². The van der Waals surface area contributed by atoms with Crippen LogP contribution < -0.4 is 5.32 Å². The van der Waals surface area contributed by atoms with Crippen LogP contribution in [0.4, 0.5) is 5.69 Å². The van der Waals surface area contributed by atoms with E-state index in [1.54, 1.807) is 0 Å². The molecule has 12 rings (SSSR count). The normalized spacial score (nSPS) is 17.6. The molecule has 0 radical (unpaired) electrons. The van der Waals surface area contributed by atoms with Gasteiger partial charge in [-0.25, -0.2) is 9.97 Å². The number of allylic oxidation sites excluding steroid dienone is 8. The van der Waals surface area contributed by atoms with Gasteiger partial charge in [-0.2, -0.15) is 0 Å². The van der Waals surface area contributed by atoms with Gasteiger partial charge in [0.2, 0.25) is 0 Å². The molecule has 3 atom stereocenters. The van der Waals surface area contributed by atoms with Gasteiger partial charge in [0.1, 0.15) is 6.17 Å². The van der Waals surface area contributed by atoms with Gasteiger partial charge < -0.3 is 5.32 Å². The van der Waals surface area contributed by atoms with Crippen LogP contribution >= 0.6 is 0 Å². The van der Waals surface area contributed by atoms with Crippen LogP contribution in [0.3, 0.4) is 0 Å². The number of rotatable bonds is 8. The average molecular weight is 875 g/mol. The molecule has 9 aromatic rings. The zero-order chi connectivity index (χ0) is 45.6. The summed E-state index contributed by atoms with van der Waals surface area (Å²) in [4.78, 5) is 16.0. The van der Waals surface area contributed by atoms with Crippen LogP contribution in [0.25, 0.3) is 77.7 Å². The number of nitrogens with one attached hydrogen (secondary N) is 1. The molecule has 0 saturated heterocycles. The Hall–Kier alpha value is -8.21. The maximum Gasteiger partial charge on any atom is 0.145 e. The Morgan fingerprint density at radius 2 is 1.06 bits per heavy atom. The van der Waals surface area contributed by atoms with Crippen molar-refractivity contribution in [2.75, 3.05) is 5.32 Å². The van der Waals surface area contributed by atoms with Gasteiger partial charge in [-0.1, -0.05) is 196 Å². The third-order valence-corrected chi connectivity index (χ3v) is 13.9. The smallest absolute Gasteiger partial charge is 0.145 e. The second-order valence-electron chi connectivity index (χ2n) is 18.5. The van der Waals surface area contributed by atoms with Gasteiger partial charge in [0.15, 0.2) is 0 Å². The second-order valence-corrected chi connectivity index (χ2v) is 18.5. The molecule has 68 heavy (non-hydrogen) atoms. The number of anilines is 1. The van der Waals surface area contributed by atoms with Crippen molar-refractivity contribution in [1.82, 2.24) is 9.97 Å². The Morgan fingerprint density at radius 1 is 0.485 bits per heavy atom. The molecule has 3 unspecified atom stereocenters. The third kappa shape index (κ3) is 7.78. The first-order chi connectivity index (χ1) is 33.5. The number of fused-ring (bicyclic) bond motifs is 3. The highest BCUT2D eigenvalue weighted by Gasteiger charge is 2.28. The maximum absolute atomic E-state index is 5.65. The van der Waals surface area contributed by atoms with E-state index < -0.39 is 0 Å². The van der Waals surface area contributed by atoms with E-state index in [-0.39, 0.29) is 6.17 Å². The van der Waals surface area contributed by atoms with Gasteiger partial charge in [0, 0.05) is 38.6 Å². The molecule has 4 heteroatoms. The van der Waals surface area contributed by atoms with Crippen LogP contribution in [0.2, 0.25) is 0 Å². The third-order valence-electron chi connectivity index (χ3n) is 13.9. The first kappa shape index (κ1) is 41.2. The van der Waals surface area contributed by atoms with E-state index in [1.165, 1.54) is 38.8 Å². The van der Waals surface area contributed by atoms with Crippen molar-refractivity contribution in [3.8, 4) is 44.8 Å². The fourth-order valence-electron chi connectivity index (χ4n) is 10.3. The molecule has 4 nitrogen and oxygen atoms in total. The molecule has 0 amide bonds. The number of aromatic nitrogens is 2. The molecule has 0 bridgehead atoms. The standard InChI is InChI=1S/C64H50N4/c1-41-16-15-22-49(36-41)55-40-61(66-59-27-14-12-25-53(55)59)46-30-34-48(35-31-46)64-67-62(57-38-50(51-23-10-9-17-42(51)2)37-56(63(57)68-64)44-20-7-4-8-21-44)47-32-28-45(29-33-47)60-39-54(43-18-5-3-6-19-43)52-24-11-13-26-58(52)65-60/h3-15,18-42,64,68H,16-17H2,1-2H3. The molecular formula is C64H50N4. The van der Waals surface area contributed by atoms with E-state index in [0.717, 1.165) is 91.0 Å². The molecule has 2 aliphatic carbocycles. The lowest BCUT2D eigenvalue weighted by Gasteiger charge is -2.30. The lowest BCUT2D eigenvalue weighted by molar-refractivity contribution is 0.740. The zero-order valence-electron chi connectivity index (χ0n) is 38.3. The predicted octanol–water partition coefficient (Wildman–Crippen LogP) is 16.4. The van der Waals surface area contributed by atoms with Gasteiger partial charge in [-0.3, -0.25) is 4.99 Å². The molecule has 0 saturated carbocycles. The van der Waals surface area contributed by atoms with Crippen LogP contribution in [0.15, 0.2) is 223 Å². The zero-order valence-corrected chi connectivity index (χ0v) is 38.3. The number of aliphatic imine (C=N–C) groups is 1. The van der Waals surface area contributed by atoms with Gasteiger partial charge in [-0.05, 0) is 106 Å². The number of nitrogens with zero attached hydrogens (tertiary/aromatic N) is 3. The van der Waals surface area contributed by atoms with Crippen molar-refractivity contribution in [2.24, 2.45) is 16.8 Å². The van der Waals surface area contributed by atoms with Crippen molar-refractivity contribution in [1.29, 1.82) is 0 Å². The van der Waals surface area contributed by atoms with Crippen molar-refractivity contribution >= 4 is 44.4 Å². The van der Waals surface area contributed by atoms with E-state index in [2.05, 4.69) is 238 Å². The number of para-hydroxylation sites is 2. The molecule has 0 fully saturated rings. The largest absolute Gasteiger partial charge is 0.359 e. The highest BCUT2D eigenvalue weighted by molar-refractivity contribution is 6.19. The van der Waals surface area contributed by atoms with Gasteiger partial charge in [0.05, 0.1) is 33.8 Å².